The van der Waals surface area contributed by atoms with Crippen LogP contribution in [0.25, 0.3) is 42.4 Å². The summed E-state index contributed by atoms with van der Waals surface area (Å²) >= 11 is 1.85. The van der Waals surface area contributed by atoms with Crippen LogP contribution in [0.15, 0.2) is 230 Å². The first kappa shape index (κ1) is 34.5. The van der Waals surface area contributed by atoms with Crippen molar-refractivity contribution in [3.8, 4) is 22.3 Å². The van der Waals surface area contributed by atoms with Crippen molar-refractivity contribution in [3.63, 3.8) is 0 Å². The Kier molecular flexibility index (Phi) is 9.27. The lowest BCUT2D eigenvalue weighted by atomic mass is 9.90. The van der Waals surface area contributed by atoms with E-state index in [-0.39, 0.29) is 0 Å². The molecule has 272 valence electrons. The summed E-state index contributed by atoms with van der Waals surface area (Å²) in [5.74, 6) is 0.345. The Bertz CT molecular complexity index is 2840. The highest BCUT2D eigenvalue weighted by Crippen LogP contribution is 2.41. The maximum Gasteiger partial charge on any atom is 0.0468 e. The molecule has 0 N–H and O–H groups in total. The summed E-state index contributed by atoms with van der Waals surface area (Å²) in [7, 11) is 0. The van der Waals surface area contributed by atoms with Crippen LogP contribution in [0.2, 0.25) is 0 Å². The number of anilines is 5. The SMILES string of the molecule is C1=CC(c2ccc(-c3ccccc3)cc2)CC=C1N(c1ccccc1)c1ccc(-c2ccc(N(c3ccccc3)c3ccc4sc5ccccc5c4c3)cc2)cc1. The van der Waals surface area contributed by atoms with Crippen LogP contribution in [0, 0.1) is 0 Å². The number of hydrogen-bond donors (Lipinski definition) is 0. The predicted molar refractivity (Wildman–Crippen MR) is 244 cm³/mol. The topological polar surface area (TPSA) is 6.48 Å². The van der Waals surface area contributed by atoms with Crippen LogP contribution >= 0.6 is 11.3 Å². The molecule has 1 heterocycles. The molecule has 0 aliphatic heterocycles. The zero-order chi connectivity index (χ0) is 38.0. The fourth-order valence-corrected chi connectivity index (χ4v) is 9.17. The van der Waals surface area contributed by atoms with Crippen molar-refractivity contribution in [2.75, 3.05) is 9.80 Å². The first-order chi connectivity index (χ1) is 28.2. The van der Waals surface area contributed by atoms with Gasteiger partial charge in [-0.05, 0) is 113 Å². The molecule has 57 heavy (non-hydrogen) atoms. The standard InChI is InChI=1S/C54H40N2S/c1-4-12-39(13-5-1)40-20-22-41(23-21-40)42-24-30-47(31-25-42)55(45-14-6-2-7-15-45)48-32-26-43(27-33-48)44-28-34-49(35-29-44)56(46-16-8-3-9-17-46)50-36-37-54-52(38-50)51-18-10-11-19-53(51)57-54/h1-24,26-38,42H,25H2. The minimum atomic E-state index is 0.345. The third-order valence-corrected chi connectivity index (χ3v) is 12.2. The monoisotopic (exact) mass is 748 g/mol. The first-order valence-electron chi connectivity index (χ1n) is 19.6. The van der Waals surface area contributed by atoms with Crippen LogP contribution in [-0.4, -0.2) is 0 Å². The second kappa shape index (κ2) is 15.3. The molecule has 1 atom stereocenters. The predicted octanol–water partition coefficient (Wildman–Crippen LogP) is 15.6. The second-order valence-electron chi connectivity index (χ2n) is 14.5. The smallest absolute Gasteiger partial charge is 0.0468 e. The Balaban J connectivity index is 0.912. The minimum absolute atomic E-state index is 0.345. The lowest BCUT2D eigenvalue weighted by Crippen LogP contribution is -2.17. The average Bonchev–Trinajstić information content (AvgIpc) is 3.67. The minimum Gasteiger partial charge on any atom is -0.311 e. The fraction of sp³-hybridized carbons (Fsp3) is 0.0370. The van der Waals surface area contributed by atoms with Gasteiger partial charge >= 0.3 is 0 Å². The number of para-hydroxylation sites is 2. The van der Waals surface area contributed by atoms with Crippen LogP contribution in [0.1, 0.15) is 17.9 Å². The quantitative estimate of drug-likeness (QED) is 0.145. The number of allylic oxidation sites excluding steroid dienone is 3. The molecular weight excluding hydrogens is 709 g/mol. The molecule has 1 aliphatic carbocycles. The van der Waals surface area contributed by atoms with E-state index in [0.717, 1.165) is 34.9 Å². The highest BCUT2D eigenvalue weighted by Gasteiger charge is 2.19. The Morgan fingerprint density at radius 3 is 1.47 bits per heavy atom. The zero-order valence-electron chi connectivity index (χ0n) is 31.4. The van der Waals surface area contributed by atoms with Crippen LogP contribution in [0.5, 0.6) is 0 Å². The van der Waals surface area contributed by atoms with Gasteiger partial charge in [0, 0.05) is 60.2 Å². The molecule has 0 bridgehead atoms. The molecule has 1 aromatic heterocycles. The molecule has 0 saturated carbocycles. The van der Waals surface area contributed by atoms with Crippen LogP contribution in [0.4, 0.5) is 28.4 Å². The highest BCUT2D eigenvalue weighted by molar-refractivity contribution is 7.25. The van der Waals surface area contributed by atoms with Crippen molar-refractivity contribution in [2.45, 2.75) is 12.3 Å². The van der Waals surface area contributed by atoms with Gasteiger partial charge in [-0.2, -0.15) is 0 Å². The zero-order valence-corrected chi connectivity index (χ0v) is 32.3. The number of benzene rings is 8. The molecule has 0 radical (unpaired) electrons. The average molecular weight is 749 g/mol. The van der Waals surface area contributed by atoms with Crippen molar-refractivity contribution in [1.29, 1.82) is 0 Å². The van der Waals surface area contributed by atoms with E-state index in [9.17, 15) is 0 Å². The third-order valence-electron chi connectivity index (χ3n) is 11.0. The van der Waals surface area contributed by atoms with Gasteiger partial charge in [0.2, 0.25) is 0 Å². The Labute approximate surface area is 338 Å². The van der Waals surface area contributed by atoms with Crippen molar-refractivity contribution in [2.24, 2.45) is 0 Å². The van der Waals surface area contributed by atoms with Crippen molar-refractivity contribution < 1.29 is 0 Å². The van der Waals surface area contributed by atoms with Gasteiger partial charge in [0.15, 0.2) is 0 Å². The molecule has 8 aromatic carbocycles. The molecule has 3 heteroatoms. The summed E-state index contributed by atoms with van der Waals surface area (Å²) < 4.78 is 2.63. The maximum atomic E-state index is 2.38. The van der Waals surface area contributed by atoms with Crippen molar-refractivity contribution in [1.82, 2.24) is 0 Å². The molecular formula is C54H40N2S. The summed E-state index contributed by atoms with van der Waals surface area (Å²) in [6.07, 6.45) is 7.97. The summed E-state index contributed by atoms with van der Waals surface area (Å²) in [5, 5.41) is 2.60. The molecule has 2 nitrogen and oxygen atoms in total. The van der Waals surface area contributed by atoms with Gasteiger partial charge in [-0.3, -0.25) is 0 Å². The Morgan fingerprint density at radius 1 is 0.386 bits per heavy atom. The summed E-state index contributed by atoms with van der Waals surface area (Å²) in [6.45, 7) is 0. The Hall–Kier alpha value is -6.94. The molecule has 10 rings (SSSR count). The normalized spacial score (nSPS) is 13.8. The maximum absolute atomic E-state index is 2.38. The molecule has 0 spiro atoms. The van der Waals surface area contributed by atoms with Gasteiger partial charge in [-0.25, -0.2) is 0 Å². The van der Waals surface area contributed by atoms with Gasteiger partial charge < -0.3 is 9.80 Å². The summed E-state index contributed by atoms with van der Waals surface area (Å²) in [5.41, 5.74) is 13.1. The molecule has 1 aliphatic rings. The summed E-state index contributed by atoms with van der Waals surface area (Å²) in [4.78, 5) is 4.72. The molecule has 9 aromatic rings. The molecule has 1 unspecified atom stereocenters. The van der Waals surface area contributed by atoms with Gasteiger partial charge in [0.1, 0.15) is 0 Å². The van der Waals surface area contributed by atoms with E-state index in [4.69, 9.17) is 0 Å². The van der Waals surface area contributed by atoms with Gasteiger partial charge in [0.25, 0.3) is 0 Å². The number of fused-ring (bicyclic) bond motifs is 3. The number of rotatable bonds is 9. The lowest BCUT2D eigenvalue weighted by Gasteiger charge is -2.29. The second-order valence-corrected chi connectivity index (χ2v) is 15.6. The highest BCUT2D eigenvalue weighted by atomic mass is 32.1. The van der Waals surface area contributed by atoms with E-state index in [1.165, 1.54) is 53.7 Å². The van der Waals surface area contributed by atoms with Crippen molar-refractivity contribution >= 4 is 59.9 Å². The van der Waals surface area contributed by atoms with Gasteiger partial charge in [-0.15, -0.1) is 11.3 Å². The van der Waals surface area contributed by atoms with E-state index in [1.807, 2.05) is 11.3 Å². The van der Waals surface area contributed by atoms with Crippen LogP contribution < -0.4 is 9.80 Å². The third kappa shape index (κ3) is 6.95. The number of thiophene rings is 1. The lowest BCUT2D eigenvalue weighted by molar-refractivity contribution is 0.840. The Morgan fingerprint density at radius 2 is 0.860 bits per heavy atom. The van der Waals surface area contributed by atoms with Crippen molar-refractivity contribution in [3.05, 3.63) is 236 Å². The molecule has 0 fully saturated rings. The van der Waals surface area contributed by atoms with Crippen LogP contribution in [0.3, 0.4) is 0 Å². The van der Waals surface area contributed by atoms with Gasteiger partial charge in [0.05, 0.1) is 0 Å². The molecule has 0 saturated heterocycles. The van der Waals surface area contributed by atoms with E-state index < -0.39 is 0 Å². The van der Waals surface area contributed by atoms with E-state index in [2.05, 4.69) is 234 Å². The largest absolute Gasteiger partial charge is 0.311 e. The van der Waals surface area contributed by atoms with Gasteiger partial charge in [-0.1, -0.05) is 146 Å². The fourth-order valence-electron chi connectivity index (χ4n) is 8.08. The van der Waals surface area contributed by atoms with E-state index in [1.54, 1.807) is 0 Å². The first-order valence-corrected chi connectivity index (χ1v) is 20.4. The number of nitrogens with zero attached hydrogens (tertiary/aromatic N) is 2. The van der Waals surface area contributed by atoms with E-state index in [0.29, 0.717) is 5.92 Å². The summed E-state index contributed by atoms with van der Waals surface area (Å²) in [6, 6.07) is 74.5. The molecule has 0 amide bonds. The number of hydrogen-bond acceptors (Lipinski definition) is 3. The van der Waals surface area contributed by atoms with Crippen LogP contribution in [-0.2, 0) is 0 Å². The van der Waals surface area contributed by atoms with E-state index >= 15 is 0 Å².